The van der Waals surface area contributed by atoms with Gasteiger partial charge in [0, 0.05) is 55.3 Å². The van der Waals surface area contributed by atoms with Crippen LogP contribution in [0.3, 0.4) is 0 Å². The fourth-order valence-electron chi connectivity index (χ4n) is 3.61. The van der Waals surface area contributed by atoms with Gasteiger partial charge < -0.3 is 14.5 Å². The highest BCUT2D eigenvalue weighted by Gasteiger charge is 2.23. The Morgan fingerprint density at radius 3 is 2.53 bits per heavy atom. The number of hydrogen-bond acceptors (Lipinski definition) is 5. The minimum Gasteiger partial charge on any atom is -0.352 e. The third-order valence-corrected chi connectivity index (χ3v) is 6.54. The second-order valence-electron chi connectivity index (χ2n) is 7.62. The molecule has 1 N–H and O–H groups in total. The zero-order valence-corrected chi connectivity index (χ0v) is 19.1. The van der Waals surface area contributed by atoms with Crippen LogP contribution >= 0.6 is 11.8 Å². The van der Waals surface area contributed by atoms with E-state index in [1.807, 2.05) is 78.8 Å². The molecule has 4 aromatic rings. The first-order valence-corrected chi connectivity index (χ1v) is 11.3. The van der Waals surface area contributed by atoms with Gasteiger partial charge >= 0.3 is 0 Å². The molecule has 0 saturated heterocycles. The lowest BCUT2D eigenvalue weighted by molar-refractivity contribution is 0.0952. The van der Waals surface area contributed by atoms with Gasteiger partial charge in [-0.15, -0.1) is 10.2 Å². The Hall–Kier alpha value is -3.39. The van der Waals surface area contributed by atoms with Crippen LogP contribution in [-0.4, -0.2) is 42.8 Å². The van der Waals surface area contributed by atoms with Crippen molar-refractivity contribution in [1.82, 2.24) is 24.6 Å². The molecular weight excluding hydrogens is 422 g/mol. The summed E-state index contributed by atoms with van der Waals surface area (Å²) in [5, 5.41) is 12.7. The summed E-state index contributed by atoms with van der Waals surface area (Å²) in [5.74, 6) is 0.703. The Balaban J connectivity index is 1.38. The van der Waals surface area contributed by atoms with Gasteiger partial charge in [-0.25, -0.2) is 0 Å². The minimum absolute atomic E-state index is 0.0616. The fourth-order valence-corrected chi connectivity index (χ4v) is 4.52. The Morgan fingerprint density at radius 2 is 1.75 bits per heavy atom. The molecule has 164 valence electrons. The van der Waals surface area contributed by atoms with E-state index in [0.29, 0.717) is 29.2 Å². The van der Waals surface area contributed by atoms with Crippen molar-refractivity contribution in [2.45, 2.75) is 23.8 Å². The topological polar surface area (TPSA) is 81.8 Å². The number of fused-ring (bicyclic) bond motifs is 1. The minimum atomic E-state index is -0.311. The fraction of sp³-hybridized carbons (Fsp3) is 0.250. The summed E-state index contributed by atoms with van der Waals surface area (Å²) in [7, 11) is 3.83. The van der Waals surface area contributed by atoms with Gasteiger partial charge in [0.15, 0.2) is 10.9 Å². The predicted octanol–water partition coefficient (Wildman–Crippen LogP) is 3.64. The number of benzene rings is 2. The van der Waals surface area contributed by atoms with Gasteiger partial charge in [-0.2, -0.15) is 0 Å². The average Bonchev–Trinajstić information content (AvgIpc) is 3.33. The second-order valence-corrected chi connectivity index (χ2v) is 8.93. The van der Waals surface area contributed by atoms with E-state index < -0.39 is 0 Å². The highest BCUT2D eigenvalue weighted by molar-refractivity contribution is 8.00. The Bertz CT molecular complexity index is 1260. The number of ketones is 1. The van der Waals surface area contributed by atoms with Crippen molar-refractivity contribution in [2.75, 3.05) is 6.54 Å². The molecule has 0 aliphatic carbocycles. The van der Waals surface area contributed by atoms with Gasteiger partial charge in [0.1, 0.15) is 5.82 Å². The highest BCUT2D eigenvalue weighted by Crippen LogP contribution is 2.28. The van der Waals surface area contributed by atoms with E-state index in [1.165, 1.54) is 11.8 Å². The molecule has 0 aliphatic heterocycles. The van der Waals surface area contributed by atoms with Crippen LogP contribution in [0.15, 0.2) is 66.0 Å². The molecule has 0 aliphatic rings. The summed E-state index contributed by atoms with van der Waals surface area (Å²) < 4.78 is 3.86. The Kier molecular flexibility index (Phi) is 6.41. The monoisotopic (exact) mass is 447 g/mol. The van der Waals surface area contributed by atoms with Crippen LogP contribution in [0.2, 0.25) is 0 Å². The number of nitrogens with one attached hydrogen (secondary N) is 1. The maximum Gasteiger partial charge on any atom is 0.251 e. The molecule has 1 amide bonds. The van der Waals surface area contributed by atoms with Gasteiger partial charge in [-0.3, -0.25) is 9.59 Å². The summed E-state index contributed by atoms with van der Waals surface area (Å²) >= 11 is 1.39. The smallest absolute Gasteiger partial charge is 0.251 e. The van der Waals surface area contributed by atoms with Crippen molar-refractivity contribution in [2.24, 2.45) is 14.1 Å². The number of aromatic nitrogens is 4. The van der Waals surface area contributed by atoms with E-state index in [4.69, 9.17) is 0 Å². The molecule has 1 unspecified atom stereocenters. The van der Waals surface area contributed by atoms with Crippen LogP contribution in [0.1, 0.15) is 33.5 Å². The van der Waals surface area contributed by atoms with E-state index in [0.717, 1.165) is 16.7 Å². The van der Waals surface area contributed by atoms with E-state index in [-0.39, 0.29) is 16.9 Å². The number of amides is 1. The Morgan fingerprint density at radius 1 is 1.03 bits per heavy atom. The van der Waals surface area contributed by atoms with Crippen LogP contribution < -0.4 is 5.32 Å². The first kappa shape index (κ1) is 21.8. The Labute approximate surface area is 190 Å². The van der Waals surface area contributed by atoms with Crippen LogP contribution in [0.4, 0.5) is 0 Å². The highest BCUT2D eigenvalue weighted by atomic mass is 32.2. The van der Waals surface area contributed by atoms with Gasteiger partial charge in [-0.1, -0.05) is 48.2 Å². The molecule has 7 nitrogen and oxygen atoms in total. The maximum atomic E-state index is 13.1. The van der Waals surface area contributed by atoms with Crippen LogP contribution in [-0.2, 0) is 20.5 Å². The number of thioether (sulfide) groups is 1. The van der Waals surface area contributed by atoms with Gasteiger partial charge in [0.25, 0.3) is 5.91 Å². The van der Waals surface area contributed by atoms with Crippen molar-refractivity contribution in [1.29, 1.82) is 0 Å². The summed E-state index contributed by atoms with van der Waals surface area (Å²) in [6.07, 6.45) is 2.44. The third kappa shape index (κ3) is 4.45. The number of hydrogen-bond donors (Lipinski definition) is 1. The van der Waals surface area contributed by atoms with Crippen molar-refractivity contribution in [3.8, 4) is 0 Å². The molecule has 1 atom stereocenters. The lowest BCUT2D eigenvalue weighted by Gasteiger charge is -2.10. The number of carbonyl (C=O) groups is 2. The molecule has 0 radical (unpaired) electrons. The molecule has 0 fully saturated rings. The number of Topliss-reactive ketones (excluding diaryl/α,β-unsaturated/α-hetero) is 1. The molecule has 2 heterocycles. The maximum absolute atomic E-state index is 13.1. The van der Waals surface area contributed by atoms with E-state index in [9.17, 15) is 9.59 Å². The van der Waals surface area contributed by atoms with Crippen molar-refractivity contribution < 1.29 is 9.59 Å². The number of rotatable bonds is 8. The van der Waals surface area contributed by atoms with Gasteiger partial charge in [-0.05, 0) is 25.1 Å². The zero-order chi connectivity index (χ0) is 22.7. The summed E-state index contributed by atoms with van der Waals surface area (Å²) in [6, 6.07) is 17.0. The van der Waals surface area contributed by atoms with E-state index in [2.05, 4.69) is 15.5 Å². The molecular formula is C24H25N5O2S. The predicted molar refractivity (Wildman–Crippen MR) is 126 cm³/mol. The zero-order valence-electron chi connectivity index (χ0n) is 18.3. The number of carbonyl (C=O) groups excluding carboxylic acids is 2. The van der Waals surface area contributed by atoms with Gasteiger partial charge in [0.2, 0.25) is 0 Å². The summed E-state index contributed by atoms with van der Waals surface area (Å²) in [5.41, 5.74) is 2.38. The van der Waals surface area contributed by atoms with Crippen LogP contribution in [0, 0.1) is 0 Å². The largest absolute Gasteiger partial charge is 0.352 e. The van der Waals surface area contributed by atoms with Crippen LogP contribution in [0.25, 0.3) is 10.9 Å². The molecule has 8 heteroatoms. The molecule has 2 aromatic heterocycles. The van der Waals surface area contributed by atoms with Crippen LogP contribution in [0.5, 0.6) is 0 Å². The number of para-hydroxylation sites is 1. The summed E-state index contributed by atoms with van der Waals surface area (Å²) in [4.78, 5) is 25.3. The quantitative estimate of drug-likeness (QED) is 0.329. The van der Waals surface area contributed by atoms with Gasteiger partial charge in [0.05, 0.1) is 5.25 Å². The lowest BCUT2D eigenvalue weighted by atomic mass is 10.1. The first-order chi connectivity index (χ1) is 15.5. The molecule has 4 rings (SSSR count). The molecule has 32 heavy (non-hydrogen) atoms. The molecule has 0 saturated carbocycles. The number of aryl methyl sites for hydroxylation is 1. The van der Waals surface area contributed by atoms with Crippen molar-refractivity contribution in [3.05, 3.63) is 77.7 Å². The third-order valence-electron chi connectivity index (χ3n) is 5.41. The molecule has 0 spiro atoms. The lowest BCUT2D eigenvalue weighted by Crippen LogP contribution is -2.26. The van der Waals surface area contributed by atoms with E-state index >= 15 is 0 Å². The van der Waals surface area contributed by atoms with Crippen molar-refractivity contribution in [3.63, 3.8) is 0 Å². The molecule has 0 bridgehead atoms. The normalized spacial score (nSPS) is 12.1. The van der Waals surface area contributed by atoms with Crippen molar-refractivity contribution >= 4 is 34.4 Å². The van der Waals surface area contributed by atoms with E-state index in [1.54, 1.807) is 12.1 Å². The average molecular weight is 448 g/mol. The number of nitrogens with zero attached hydrogens (tertiary/aromatic N) is 4. The standard InChI is InChI=1S/C24H25N5O2S/c1-16(22(30)19-15-28(2)20-12-8-7-11-18(19)20)32-24-27-26-21(29(24)3)13-14-25-23(31)17-9-5-4-6-10-17/h4-12,15-16H,13-14H2,1-3H3,(H,25,31). The second kappa shape index (κ2) is 9.40. The SMILES string of the molecule is CC(Sc1nnc(CCNC(=O)c2ccccc2)n1C)C(=O)c1cn(C)c2ccccc12. The first-order valence-electron chi connectivity index (χ1n) is 10.4. The summed E-state index contributed by atoms with van der Waals surface area (Å²) in [6.45, 7) is 2.35. The molecule has 2 aromatic carbocycles.